The van der Waals surface area contributed by atoms with Crippen LogP contribution in [-0.2, 0) is 9.30 Å². The second kappa shape index (κ2) is 7.45. The Bertz CT molecular complexity index is 979. The van der Waals surface area contributed by atoms with Gasteiger partial charge in [0.2, 0.25) is 0 Å². The fourth-order valence-electron chi connectivity index (χ4n) is 2.65. The monoisotopic (exact) mass is 378 g/mol. The molecule has 1 aromatic carbocycles. The van der Waals surface area contributed by atoms with Gasteiger partial charge in [0.1, 0.15) is 5.75 Å². The predicted molar refractivity (Wildman–Crippen MR) is 96.2 cm³/mol. The van der Waals surface area contributed by atoms with Crippen molar-refractivity contribution < 1.29 is 18.7 Å². The van der Waals surface area contributed by atoms with E-state index >= 15 is 0 Å². The van der Waals surface area contributed by atoms with Crippen LogP contribution in [0.1, 0.15) is 18.4 Å². The van der Waals surface area contributed by atoms with Crippen molar-refractivity contribution in [1.82, 2.24) is 9.55 Å². The lowest BCUT2D eigenvalue weighted by Crippen LogP contribution is -2.30. The van der Waals surface area contributed by atoms with E-state index in [0.29, 0.717) is 29.9 Å². The molecular formula is C17H19N2O6P. The number of H-pyrrole nitrogens is 1. The average Bonchev–Trinajstić information content (AvgIpc) is 3.06. The van der Waals surface area contributed by atoms with Crippen molar-refractivity contribution >= 4 is 13.3 Å². The normalized spacial score (nSPS) is 19.0. The first-order valence-corrected chi connectivity index (χ1v) is 9.82. The number of nitrogens with zero attached hydrogens (tertiary/aromatic N) is 1. The molecule has 0 aliphatic heterocycles. The zero-order valence-electron chi connectivity index (χ0n) is 14.1. The molecule has 2 N–H and O–H groups in total. The second-order valence-corrected chi connectivity index (χ2v) is 7.73. The summed E-state index contributed by atoms with van der Waals surface area (Å²) in [6, 6.07) is 8.35. The third-order valence-corrected chi connectivity index (χ3v) is 4.91. The number of ether oxygens (including phenoxy) is 1. The van der Waals surface area contributed by atoms with Crippen LogP contribution < -0.4 is 15.8 Å². The number of hydrogen-bond donors (Lipinski definition) is 2. The average molecular weight is 378 g/mol. The molecule has 0 saturated heterocycles. The minimum atomic E-state index is -3.95. The van der Waals surface area contributed by atoms with E-state index in [4.69, 9.17) is 9.26 Å². The summed E-state index contributed by atoms with van der Waals surface area (Å²) >= 11 is 0. The highest BCUT2D eigenvalue weighted by Gasteiger charge is 2.26. The zero-order valence-corrected chi connectivity index (χ0v) is 15.0. The van der Waals surface area contributed by atoms with Crippen molar-refractivity contribution in [1.29, 1.82) is 0 Å². The molecule has 2 aromatic rings. The second-order valence-electron chi connectivity index (χ2n) is 6.01. The summed E-state index contributed by atoms with van der Waals surface area (Å²) in [6.45, 7) is 1.61. The highest BCUT2D eigenvalue weighted by Crippen LogP contribution is 2.43. The van der Waals surface area contributed by atoms with Crippen molar-refractivity contribution in [3.63, 3.8) is 0 Å². The van der Waals surface area contributed by atoms with Gasteiger partial charge in [-0.05, 0) is 38.0 Å². The van der Waals surface area contributed by atoms with E-state index in [9.17, 15) is 19.0 Å². The fourth-order valence-corrected chi connectivity index (χ4v) is 3.53. The van der Waals surface area contributed by atoms with Crippen molar-refractivity contribution in [3.05, 3.63) is 69.0 Å². The Balaban J connectivity index is 1.65. The summed E-state index contributed by atoms with van der Waals surface area (Å²) in [7, 11) is -3.95. The van der Waals surface area contributed by atoms with Gasteiger partial charge in [0.25, 0.3) is 5.56 Å². The fraction of sp³-hybridized carbons (Fsp3) is 0.294. The third-order valence-electron chi connectivity index (χ3n) is 3.94. The molecule has 9 heteroatoms. The Kier molecular flexibility index (Phi) is 5.27. The molecule has 26 heavy (non-hydrogen) atoms. The van der Waals surface area contributed by atoms with Crippen LogP contribution in [0.25, 0.3) is 5.70 Å². The van der Waals surface area contributed by atoms with Gasteiger partial charge in [0.05, 0.1) is 6.10 Å². The van der Waals surface area contributed by atoms with E-state index < -0.39 is 31.3 Å². The van der Waals surface area contributed by atoms with E-state index in [1.165, 1.54) is 10.8 Å². The SMILES string of the molecule is Cc1cn(C2=C[C@@H](OCP(=O)(O)Oc3ccccc3)CC2)c(=O)[nH]c1=O. The van der Waals surface area contributed by atoms with Crippen LogP contribution >= 0.6 is 7.60 Å². The molecule has 3 rings (SSSR count). The number of rotatable bonds is 6. The van der Waals surface area contributed by atoms with Crippen molar-refractivity contribution in [2.75, 3.05) is 6.35 Å². The number of hydrogen-bond acceptors (Lipinski definition) is 5. The number of allylic oxidation sites excluding steroid dienone is 1. The van der Waals surface area contributed by atoms with Gasteiger partial charge in [-0.1, -0.05) is 18.2 Å². The first-order chi connectivity index (χ1) is 12.3. The summed E-state index contributed by atoms with van der Waals surface area (Å²) in [4.78, 5) is 35.5. The van der Waals surface area contributed by atoms with Gasteiger partial charge in [0, 0.05) is 17.5 Å². The van der Waals surface area contributed by atoms with Crippen LogP contribution in [0.2, 0.25) is 0 Å². The van der Waals surface area contributed by atoms with Crippen molar-refractivity contribution in [2.45, 2.75) is 25.9 Å². The van der Waals surface area contributed by atoms with Crippen LogP contribution in [0.3, 0.4) is 0 Å². The van der Waals surface area contributed by atoms with Crippen molar-refractivity contribution in [2.24, 2.45) is 0 Å². The lowest BCUT2D eigenvalue weighted by atomic mass is 10.3. The van der Waals surface area contributed by atoms with Gasteiger partial charge in [-0.25, -0.2) is 9.36 Å². The highest BCUT2D eigenvalue weighted by molar-refractivity contribution is 7.53. The summed E-state index contributed by atoms with van der Waals surface area (Å²) in [6.07, 6.45) is 3.42. The smallest absolute Gasteiger partial charge is 0.402 e. The molecule has 1 unspecified atom stereocenters. The molecule has 1 aromatic heterocycles. The minimum absolute atomic E-state index is 0.292. The largest absolute Gasteiger partial charge is 0.423 e. The van der Waals surface area contributed by atoms with Gasteiger partial charge in [-0.3, -0.25) is 14.3 Å². The predicted octanol–water partition coefficient (Wildman–Crippen LogP) is 2.09. The van der Waals surface area contributed by atoms with Crippen LogP contribution in [0.4, 0.5) is 0 Å². The number of nitrogens with one attached hydrogen (secondary N) is 1. The van der Waals surface area contributed by atoms with Gasteiger partial charge in [-0.15, -0.1) is 0 Å². The molecule has 2 atom stereocenters. The van der Waals surface area contributed by atoms with Gasteiger partial charge >= 0.3 is 13.3 Å². The molecule has 0 amide bonds. The maximum atomic E-state index is 12.1. The number of benzene rings is 1. The van der Waals surface area contributed by atoms with Crippen LogP contribution in [0.5, 0.6) is 5.75 Å². The highest BCUT2D eigenvalue weighted by atomic mass is 31.2. The third kappa shape index (κ3) is 4.40. The van der Waals surface area contributed by atoms with Crippen LogP contribution in [0, 0.1) is 6.92 Å². The Labute approximate surface area is 149 Å². The number of aryl methyl sites for hydroxylation is 1. The first-order valence-electron chi connectivity index (χ1n) is 8.06. The lowest BCUT2D eigenvalue weighted by Gasteiger charge is -2.15. The molecule has 0 fully saturated rings. The van der Waals surface area contributed by atoms with E-state index in [-0.39, 0.29) is 0 Å². The summed E-state index contributed by atoms with van der Waals surface area (Å²) in [5, 5.41) is 0. The van der Waals surface area contributed by atoms with E-state index in [0.717, 1.165) is 0 Å². The molecule has 8 nitrogen and oxygen atoms in total. The molecular weight excluding hydrogens is 359 g/mol. The molecule has 0 radical (unpaired) electrons. The standard InChI is InChI=1S/C17H19N2O6P/c1-12-10-19(17(21)18-16(12)20)13-7-8-15(9-13)24-11-26(22,23)25-14-5-3-2-4-6-14/h2-6,9-10,15H,7-8,11H2,1H3,(H,22,23)(H,18,20,21)/t15-/m0/s1. The zero-order chi connectivity index (χ0) is 18.7. The van der Waals surface area contributed by atoms with Gasteiger partial charge in [0.15, 0.2) is 6.35 Å². The Hall–Kier alpha value is -2.41. The van der Waals surface area contributed by atoms with Crippen molar-refractivity contribution in [3.8, 4) is 5.75 Å². The van der Waals surface area contributed by atoms with E-state index in [1.807, 2.05) is 0 Å². The van der Waals surface area contributed by atoms with E-state index in [1.54, 1.807) is 43.3 Å². The molecule has 1 aliphatic rings. The minimum Gasteiger partial charge on any atom is -0.423 e. The Morgan fingerprint density at radius 3 is 2.77 bits per heavy atom. The molecule has 0 bridgehead atoms. The maximum Gasteiger partial charge on any atom is 0.402 e. The first kappa shape index (κ1) is 18.4. The van der Waals surface area contributed by atoms with E-state index in [2.05, 4.69) is 4.98 Å². The van der Waals surface area contributed by atoms with Gasteiger partial charge < -0.3 is 14.2 Å². The molecule has 1 aliphatic carbocycles. The lowest BCUT2D eigenvalue weighted by molar-refractivity contribution is 0.109. The molecule has 138 valence electrons. The number of aromatic amines is 1. The molecule has 0 spiro atoms. The topological polar surface area (TPSA) is 111 Å². The summed E-state index contributed by atoms with van der Waals surface area (Å²) < 4.78 is 24.1. The number of aromatic nitrogens is 2. The Morgan fingerprint density at radius 1 is 1.31 bits per heavy atom. The Morgan fingerprint density at radius 2 is 2.04 bits per heavy atom. The van der Waals surface area contributed by atoms with Gasteiger partial charge in [-0.2, -0.15) is 0 Å². The summed E-state index contributed by atoms with van der Waals surface area (Å²) in [5.74, 6) is 0.292. The molecule has 0 saturated carbocycles. The molecule has 1 heterocycles. The number of para-hydroxylation sites is 1. The summed E-state index contributed by atoms with van der Waals surface area (Å²) in [5.41, 5.74) is 0.159. The van der Waals surface area contributed by atoms with Crippen LogP contribution in [0.15, 0.2) is 52.2 Å². The van der Waals surface area contributed by atoms with Crippen LogP contribution in [-0.4, -0.2) is 26.9 Å². The quantitative estimate of drug-likeness (QED) is 0.745. The maximum absolute atomic E-state index is 12.1.